The predicted molar refractivity (Wildman–Crippen MR) is 232 cm³/mol. The molecule has 330 valence electrons. The van der Waals surface area contributed by atoms with Crippen LogP contribution < -0.4 is 25.4 Å². The first kappa shape index (κ1) is 46.3. The fraction of sp³-hybridized carbons (Fsp3) is 0.523. The van der Waals surface area contributed by atoms with Gasteiger partial charge in [-0.2, -0.15) is 5.26 Å². The molecule has 0 saturated carbocycles. The van der Waals surface area contributed by atoms with Gasteiger partial charge in [-0.15, -0.1) is 0 Å². The second-order valence-corrected chi connectivity index (χ2v) is 17.2. The second-order valence-electron chi connectivity index (χ2n) is 15.8. The number of methoxy groups -OCH3 is 3. The number of aliphatic imine (C=N–C) groups is 1. The Morgan fingerprint density at radius 2 is 1.54 bits per heavy atom. The fourth-order valence-electron chi connectivity index (χ4n) is 8.16. The molecule has 3 aromatic rings. The molecule has 3 aliphatic heterocycles. The van der Waals surface area contributed by atoms with E-state index in [0.29, 0.717) is 18.2 Å². The van der Waals surface area contributed by atoms with E-state index in [1.54, 1.807) is 32.6 Å². The molecule has 3 aliphatic rings. The van der Waals surface area contributed by atoms with E-state index in [9.17, 15) is 10.1 Å². The number of carbonyl (C=O) groups is 1. The van der Waals surface area contributed by atoms with Crippen LogP contribution in [0.2, 0.25) is 0 Å². The number of amides is 1. The second kappa shape index (κ2) is 21.2. The maximum absolute atomic E-state index is 13.4. The van der Waals surface area contributed by atoms with Gasteiger partial charge in [0.2, 0.25) is 5.91 Å². The molecule has 0 aromatic heterocycles. The quantitative estimate of drug-likeness (QED) is 0.0477. The van der Waals surface area contributed by atoms with Crippen molar-refractivity contribution in [3.05, 3.63) is 95.6 Å². The molecule has 3 aromatic carbocycles. The van der Waals surface area contributed by atoms with Crippen molar-refractivity contribution < 1.29 is 37.5 Å². The van der Waals surface area contributed by atoms with Gasteiger partial charge < -0.3 is 42.9 Å². The van der Waals surface area contributed by atoms with Crippen LogP contribution in [-0.4, -0.2) is 137 Å². The molecule has 17 heteroatoms. The normalized spacial score (nSPS) is 24.9. The first-order valence-electron chi connectivity index (χ1n) is 20.6. The summed E-state index contributed by atoms with van der Waals surface area (Å²) >= 11 is 0. The van der Waals surface area contributed by atoms with Crippen molar-refractivity contribution in [1.29, 1.82) is 5.26 Å². The SMILES string of the molecule is COc1ccc(C(OCC2OC(N3CNC4C(=O)NC(/N=C/N(C)C)NC43)C(OC)C2OP(OCCC#N)N(C(C)C)C(C)C)(c2ccccc2)c2ccc(OC)cc2)cc1. The standard InChI is InChI=1S/C44H61N8O8P/c1-29(2)52(30(3)4)61(58-25-13-24-45)60-38-36(59-42(39(38)56-9)51-28-46-37-40(51)48-43(49-41(37)53)47-27-50(5)6)26-57-44(31-14-11-10-12-15-31,32-16-20-34(54-7)21-17-32)33-18-22-35(55-8)23-19-33/h10-12,14-23,27,29-30,36-40,42-43,46,48H,13,25-26,28H2,1-9H3,(H,49,53)/b47-27+. The molecule has 0 radical (unpaired) electrons. The van der Waals surface area contributed by atoms with Gasteiger partial charge in [0.05, 0.1) is 59.1 Å². The van der Waals surface area contributed by atoms with Crippen LogP contribution in [0.5, 0.6) is 11.5 Å². The average Bonchev–Trinajstić information content (AvgIpc) is 3.84. The highest BCUT2D eigenvalue weighted by atomic mass is 31.2. The van der Waals surface area contributed by atoms with Gasteiger partial charge in [-0.05, 0) is 68.7 Å². The van der Waals surface area contributed by atoms with Gasteiger partial charge in [0.15, 0.2) is 6.29 Å². The molecule has 6 rings (SSSR count). The van der Waals surface area contributed by atoms with Crippen molar-refractivity contribution in [2.24, 2.45) is 4.99 Å². The monoisotopic (exact) mass is 860 g/mol. The zero-order valence-electron chi connectivity index (χ0n) is 36.6. The molecule has 3 N–H and O–H groups in total. The molecule has 8 unspecified atom stereocenters. The molecule has 0 aliphatic carbocycles. The maximum Gasteiger partial charge on any atom is 0.259 e. The van der Waals surface area contributed by atoms with Crippen molar-refractivity contribution >= 4 is 20.8 Å². The lowest BCUT2D eigenvalue weighted by molar-refractivity contribution is -0.139. The number of hydrogen-bond acceptors (Lipinski definition) is 14. The Bertz CT molecular complexity index is 1860. The minimum atomic E-state index is -1.74. The van der Waals surface area contributed by atoms with Crippen LogP contribution in [0.25, 0.3) is 0 Å². The third kappa shape index (κ3) is 10.4. The van der Waals surface area contributed by atoms with Crippen LogP contribution in [0.1, 0.15) is 50.8 Å². The third-order valence-corrected chi connectivity index (χ3v) is 13.0. The van der Waals surface area contributed by atoms with Gasteiger partial charge in [0.1, 0.15) is 47.7 Å². The minimum Gasteiger partial charge on any atom is -0.497 e. The van der Waals surface area contributed by atoms with Crippen molar-refractivity contribution in [1.82, 2.24) is 30.4 Å². The Kier molecular flexibility index (Phi) is 16.1. The summed E-state index contributed by atoms with van der Waals surface area (Å²) in [6, 6.07) is 27.5. The summed E-state index contributed by atoms with van der Waals surface area (Å²) in [5, 5.41) is 19.3. The van der Waals surface area contributed by atoms with Gasteiger partial charge in [-0.1, -0.05) is 54.6 Å². The molecule has 0 bridgehead atoms. The van der Waals surface area contributed by atoms with E-state index in [-0.39, 0.29) is 37.6 Å². The molecule has 16 nitrogen and oxygen atoms in total. The Balaban J connectivity index is 1.44. The number of carbonyl (C=O) groups excluding carboxylic acids is 1. The topological polar surface area (TPSA) is 164 Å². The van der Waals surface area contributed by atoms with Gasteiger partial charge in [0, 0.05) is 33.3 Å². The highest BCUT2D eigenvalue weighted by molar-refractivity contribution is 7.44. The third-order valence-electron chi connectivity index (χ3n) is 10.9. The first-order valence-corrected chi connectivity index (χ1v) is 21.8. The number of nitrogens with one attached hydrogen (secondary N) is 3. The molecule has 8 atom stereocenters. The van der Waals surface area contributed by atoms with Crippen LogP contribution in [0, 0.1) is 11.3 Å². The summed E-state index contributed by atoms with van der Waals surface area (Å²) < 4.78 is 47.8. The van der Waals surface area contributed by atoms with Gasteiger partial charge in [0.25, 0.3) is 8.53 Å². The summed E-state index contributed by atoms with van der Waals surface area (Å²) in [5.41, 5.74) is 1.47. The zero-order valence-corrected chi connectivity index (χ0v) is 37.5. The molecule has 1 amide bonds. The summed E-state index contributed by atoms with van der Waals surface area (Å²) in [7, 11) is 6.92. The number of fused-ring (bicyclic) bond motifs is 1. The van der Waals surface area contributed by atoms with Crippen LogP contribution >= 0.6 is 8.53 Å². The Morgan fingerprint density at radius 3 is 2.08 bits per heavy atom. The Labute approximate surface area is 361 Å². The summed E-state index contributed by atoms with van der Waals surface area (Å²) in [6.45, 7) is 8.92. The molecule has 3 saturated heterocycles. The van der Waals surface area contributed by atoms with E-state index in [4.69, 9.17) is 32.7 Å². The van der Waals surface area contributed by atoms with Crippen molar-refractivity contribution in [2.45, 2.75) is 94.8 Å². The molecular weight excluding hydrogens is 800 g/mol. The van der Waals surface area contributed by atoms with Crippen LogP contribution in [0.15, 0.2) is 83.9 Å². The fourth-order valence-corrected chi connectivity index (χ4v) is 9.93. The van der Waals surface area contributed by atoms with Crippen molar-refractivity contribution in [3.8, 4) is 17.6 Å². The zero-order chi connectivity index (χ0) is 43.7. The molecular formula is C44H61N8O8P. The van der Waals surface area contributed by atoms with Crippen LogP contribution in [0.4, 0.5) is 0 Å². The van der Waals surface area contributed by atoms with Crippen LogP contribution in [-0.2, 0) is 33.7 Å². The summed E-state index contributed by atoms with van der Waals surface area (Å²) in [6.07, 6.45) is -2.16. The van der Waals surface area contributed by atoms with Crippen molar-refractivity contribution in [2.75, 3.05) is 55.3 Å². The highest BCUT2D eigenvalue weighted by Crippen LogP contribution is 2.51. The van der Waals surface area contributed by atoms with Crippen LogP contribution in [0.3, 0.4) is 0 Å². The minimum absolute atomic E-state index is 0.0394. The Morgan fingerprint density at radius 1 is 0.934 bits per heavy atom. The van der Waals surface area contributed by atoms with E-state index in [1.165, 1.54) is 0 Å². The van der Waals surface area contributed by atoms with Crippen molar-refractivity contribution in [3.63, 3.8) is 0 Å². The number of rotatable bonds is 20. The lowest BCUT2D eigenvalue weighted by Crippen LogP contribution is -2.68. The van der Waals surface area contributed by atoms with E-state index >= 15 is 0 Å². The summed E-state index contributed by atoms with van der Waals surface area (Å²) in [4.78, 5) is 21.8. The molecule has 61 heavy (non-hydrogen) atoms. The van der Waals surface area contributed by atoms with E-state index in [1.807, 2.05) is 85.7 Å². The first-order chi connectivity index (χ1) is 29.4. The van der Waals surface area contributed by atoms with Gasteiger partial charge >= 0.3 is 0 Å². The average molecular weight is 861 g/mol. The largest absolute Gasteiger partial charge is 0.497 e. The molecule has 3 heterocycles. The smallest absolute Gasteiger partial charge is 0.259 e. The number of benzene rings is 3. The Hall–Kier alpha value is -4.24. The number of nitrogens with zero attached hydrogens (tertiary/aromatic N) is 5. The lowest BCUT2D eigenvalue weighted by Gasteiger charge is -2.39. The van der Waals surface area contributed by atoms with E-state index in [2.05, 4.69) is 71.5 Å². The predicted octanol–water partition coefficient (Wildman–Crippen LogP) is 4.56. The van der Waals surface area contributed by atoms with Gasteiger partial charge in [-0.3, -0.25) is 15.4 Å². The maximum atomic E-state index is 13.4. The lowest BCUT2D eigenvalue weighted by atomic mass is 9.80. The molecule has 0 spiro atoms. The number of ether oxygens (including phenoxy) is 5. The van der Waals surface area contributed by atoms with Gasteiger partial charge in [-0.25, -0.2) is 14.6 Å². The van der Waals surface area contributed by atoms with E-state index in [0.717, 1.165) is 16.7 Å². The highest BCUT2D eigenvalue weighted by Gasteiger charge is 2.56. The molecule has 3 fully saturated rings. The number of nitriles is 1. The summed E-state index contributed by atoms with van der Waals surface area (Å²) in [5.74, 6) is 1.23. The number of hydrogen-bond donors (Lipinski definition) is 3. The van der Waals surface area contributed by atoms with E-state index < -0.39 is 57.2 Å².